The van der Waals surface area contributed by atoms with Gasteiger partial charge in [-0.3, -0.25) is 0 Å². The van der Waals surface area contributed by atoms with Crippen LogP contribution in [0.15, 0.2) is 33.5 Å². The lowest BCUT2D eigenvalue weighted by atomic mass is 10.2. The van der Waals surface area contributed by atoms with Gasteiger partial charge in [0.25, 0.3) is 0 Å². The van der Waals surface area contributed by atoms with Gasteiger partial charge in [-0.25, -0.2) is 4.79 Å². The number of anilines is 1. The molecule has 0 spiro atoms. The standard InChI is InChI=1S/C10H9NO3/c1-13-8-4-2-3-6-5-7(11)10(12)14-9(6)8/h2-5H,11H2,1H3. The molecular weight excluding hydrogens is 182 g/mol. The molecular formula is C10H9NO3. The molecule has 0 aliphatic rings. The highest BCUT2D eigenvalue weighted by atomic mass is 16.5. The van der Waals surface area contributed by atoms with Gasteiger partial charge in [0.15, 0.2) is 11.3 Å². The molecule has 1 heterocycles. The minimum Gasteiger partial charge on any atom is -0.493 e. The quantitative estimate of drug-likeness (QED) is 0.691. The van der Waals surface area contributed by atoms with Crippen LogP contribution in [0.5, 0.6) is 5.75 Å². The zero-order valence-electron chi connectivity index (χ0n) is 7.61. The molecule has 4 nitrogen and oxygen atoms in total. The van der Waals surface area contributed by atoms with Crippen LogP contribution in [0.4, 0.5) is 5.69 Å². The van der Waals surface area contributed by atoms with Crippen LogP contribution in [0.2, 0.25) is 0 Å². The van der Waals surface area contributed by atoms with Crippen molar-refractivity contribution in [3.05, 3.63) is 34.7 Å². The van der Waals surface area contributed by atoms with Crippen molar-refractivity contribution < 1.29 is 9.15 Å². The summed E-state index contributed by atoms with van der Waals surface area (Å²) in [6.45, 7) is 0. The molecule has 4 heteroatoms. The first-order valence-corrected chi connectivity index (χ1v) is 4.08. The summed E-state index contributed by atoms with van der Waals surface area (Å²) < 4.78 is 10.1. The van der Waals surface area contributed by atoms with Gasteiger partial charge in [-0.05, 0) is 12.1 Å². The van der Waals surface area contributed by atoms with Crippen LogP contribution in [0.1, 0.15) is 0 Å². The first kappa shape index (κ1) is 8.62. The van der Waals surface area contributed by atoms with Gasteiger partial charge in [-0.15, -0.1) is 0 Å². The number of hydrogen-bond donors (Lipinski definition) is 1. The first-order valence-electron chi connectivity index (χ1n) is 4.08. The Labute approximate surface area is 79.9 Å². The molecule has 1 aromatic heterocycles. The number of hydrogen-bond acceptors (Lipinski definition) is 4. The number of nitrogens with two attached hydrogens (primary N) is 1. The molecule has 0 amide bonds. The predicted molar refractivity (Wildman–Crippen MR) is 53.4 cm³/mol. The van der Waals surface area contributed by atoms with Crippen LogP contribution in [0.3, 0.4) is 0 Å². The number of para-hydroxylation sites is 1. The van der Waals surface area contributed by atoms with Crippen molar-refractivity contribution in [3.63, 3.8) is 0 Å². The molecule has 0 saturated heterocycles. The molecule has 0 atom stereocenters. The molecule has 72 valence electrons. The van der Waals surface area contributed by atoms with E-state index >= 15 is 0 Å². The summed E-state index contributed by atoms with van der Waals surface area (Å²) in [6.07, 6.45) is 0. The Morgan fingerprint density at radius 2 is 2.21 bits per heavy atom. The molecule has 1 aromatic carbocycles. The second-order valence-electron chi connectivity index (χ2n) is 2.87. The molecule has 2 rings (SSSR count). The minimum absolute atomic E-state index is 0.103. The third-order valence-electron chi connectivity index (χ3n) is 1.97. The van der Waals surface area contributed by atoms with Crippen LogP contribution in [-0.4, -0.2) is 7.11 Å². The fourth-order valence-electron chi connectivity index (χ4n) is 1.29. The fourth-order valence-corrected chi connectivity index (χ4v) is 1.29. The van der Waals surface area contributed by atoms with Gasteiger partial charge in [0.2, 0.25) is 0 Å². The Morgan fingerprint density at radius 3 is 2.93 bits per heavy atom. The number of benzene rings is 1. The number of rotatable bonds is 1. The van der Waals surface area contributed by atoms with Crippen molar-refractivity contribution in [2.75, 3.05) is 12.8 Å². The summed E-state index contributed by atoms with van der Waals surface area (Å²) in [5, 5.41) is 0.751. The summed E-state index contributed by atoms with van der Waals surface area (Å²) in [4.78, 5) is 11.2. The molecule has 0 radical (unpaired) electrons. The van der Waals surface area contributed by atoms with E-state index in [1.807, 2.05) is 0 Å². The third-order valence-corrected chi connectivity index (χ3v) is 1.97. The molecule has 0 unspecified atom stereocenters. The van der Waals surface area contributed by atoms with Crippen LogP contribution >= 0.6 is 0 Å². The van der Waals surface area contributed by atoms with Crippen molar-refractivity contribution >= 4 is 16.7 Å². The maximum absolute atomic E-state index is 11.2. The molecule has 0 aliphatic heterocycles. The highest BCUT2D eigenvalue weighted by Crippen LogP contribution is 2.24. The van der Waals surface area contributed by atoms with E-state index in [1.54, 1.807) is 24.3 Å². The molecule has 0 bridgehead atoms. The van der Waals surface area contributed by atoms with Crippen molar-refractivity contribution in [2.45, 2.75) is 0 Å². The van der Waals surface area contributed by atoms with Crippen LogP contribution < -0.4 is 16.1 Å². The van der Waals surface area contributed by atoms with E-state index < -0.39 is 5.63 Å². The Bertz CT molecular complexity index is 530. The molecule has 14 heavy (non-hydrogen) atoms. The van der Waals surface area contributed by atoms with Gasteiger partial charge < -0.3 is 14.9 Å². The van der Waals surface area contributed by atoms with E-state index in [0.717, 1.165) is 5.39 Å². The lowest BCUT2D eigenvalue weighted by molar-refractivity contribution is 0.407. The monoisotopic (exact) mass is 191 g/mol. The smallest absolute Gasteiger partial charge is 0.359 e. The van der Waals surface area contributed by atoms with Gasteiger partial charge in [-0.1, -0.05) is 12.1 Å². The van der Waals surface area contributed by atoms with E-state index in [4.69, 9.17) is 14.9 Å². The van der Waals surface area contributed by atoms with E-state index in [-0.39, 0.29) is 5.69 Å². The van der Waals surface area contributed by atoms with Crippen molar-refractivity contribution in [3.8, 4) is 5.75 Å². The Hall–Kier alpha value is -1.97. The average Bonchev–Trinajstić information content (AvgIpc) is 2.19. The zero-order chi connectivity index (χ0) is 10.1. The second kappa shape index (κ2) is 3.06. The van der Waals surface area contributed by atoms with E-state index in [1.165, 1.54) is 7.11 Å². The molecule has 0 saturated carbocycles. The Balaban J connectivity index is 2.88. The maximum atomic E-state index is 11.2. The largest absolute Gasteiger partial charge is 0.493 e. The topological polar surface area (TPSA) is 65.5 Å². The first-order chi connectivity index (χ1) is 6.72. The predicted octanol–water partition coefficient (Wildman–Crippen LogP) is 1.38. The number of methoxy groups -OCH3 is 1. The fraction of sp³-hybridized carbons (Fsp3) is 0.100. The minimum atomic E-state index is -0.540. The van der Waals surface area contributed by atoms with Crippen molar-refractivity contribution in [1.29, 1.82) is 0 Å². The summed E-state index contributed by atoms with van der Waals surface area (Å²) in [5.41, 5.74) is 5.42. The normalized spacial score (nSPS) is 10.4. The second-order valence-corrected chi connectivity index (χ2v) is 2.87. The van der Waals surface area contributed by atoms with Crippen molar-refractivity contribution in [2.24, 2.45) is 0 Å². The summed E-state index contributed by atoms with van der Waals surface area (Å²) in [7, 11) is 1.52. The van der Waals surface area contributed by atoms with Crippen LogP contribution in [0, 0.1) is 0 Å². The van der Waals surface area contributed by atoms with E-state index in [2.05, 4.69) is 0 Å². The number of fused-ring (bicyclic) bond motifs is 1. The lowest BCUT2D eigenvalue weighted by Crippen LogP contribution is -2.05. The number of nitrogen functional groups attached to an aromatic ring is 1. The highest BCUT2D eigenvalue weighted by Gasteiger charge is 2.06. The van der Waals surface area contributed by atoms with Crippen LogP contribution in [0.25, 0.3) is 11.0 Å². The lowest BCUT2D eigenvalue weighted by Gasteiger charge is -2.03. The summed E-state index contributed by atoms with van der Waals surface area (Å²) in [6, 6.07) is 6.91. The Kier molecular flexibility index (Phi) is 1.89. The molecule has 0 aliphatic carbocycles. The van der Waals surface area contributed by atoms with Gasteiger partial charge in [0.1, 0.15) is 5.69 Å². The van der Waals surface area contributed by atoms with Gasteiger partial charge >= 0.3 is 5.63 Å². The SMILES string of the molecule is COc1cccc2cc(N)c(=O)oc12. The molecule has 2 N–H and O–H groups in total. The zero-order valence-corrected chi connectivity index (χ0v) is 7.61. The van der Waals surface area contributed by atoms with Gasteiger partial charge in [0, 0.05) is 5.39 Å². The van der Waals surface area contributed by atoms with Gasteiger partial charge in [-0.2, -0.15) is 0 Å². The maximum Gasteiger partial charge on any atom is 0.359 e. The Morgan fingerprint density at radius 1 is 1.43 bits per heavy atom. The van der Waals surface area contributed by atoms with Crippen LogP contribution in [-0.2, 0) is 0 Å². The molecule has 0 fully saturated rings. The van der Waals surface area contributed by atoms with Gasteiger partial charge in [0.05, 0.1) is 7.11 Å². The highest BCUT2D eigenvalue weighted by molar-refractivity contribution is 5.84. The average molecular weight is 191 g/mol. The number of ether oxygens (including phenoxy) is 1. The summed E-state index contributed by atoms with van der Waals surface area (Å²) >= 11 is 0. The molecule has 2 aromatic rings. The van der Waals surface area contributed by atoms with Crippen molar-refractivity contribution in [1.82, 2.24) is 0 Å². The third kappa shape index (κ3) is 1.21. The van der Waals surface area contributed by atoms with E-state index in [9.17, 15) is 4.79 Å². The van der Waals surface area contributed by atoms with E-state index in [0.29, 0.717) is 11.3 Å². The summed E-state index contributed by atoms with van der Waals surface area (Å²) in [5.74, 6) is 0.527.